The molecule has 0 amide bonds. The van der Waals surface area contributed by atoms with E-state index in [-0.39, 0.29) is 6.04 Å². The van der Waals surface area contributed by atoms with Crippen LogP contribution >= 0.6 is 0 Å². The molecule has 0 aromatic carbocycles. The molecule has 2 N–H and O–H groups in total. The zero-order valence-corrected chi connectivity index (χ0v) is 12.4. The Kier molecular flexibility index (Phi) is 3.94. The lowest BCUT2D eigenvalue weighted by Crippen LogP contribution is -2.31. The van der Waals surface area contributed by atoms with Crippen molar-refractivity contribution in [2.24, 2.45) is 0 Å². The second-order valence-electron chi connectivity index (χ2n) is 5.38. The maximum absolute atomic E-state index is 4.62. The first-order valence-corrected chi connectivity index (χ1v) is 7.33. The molecule has 1 fully saturated rings. The number of rotatable bonds is 4. The van der Waals surface area contributed by atoms with Crippen molar-refractivity contribution in [3.05, 3.63) is 17.6 Å². The molecule has 21 heavy (non-hydrogen) atoms. The van der Waals surface area contributed by atoms with E-state index in [1.54, 1.807) is 0 Å². The average Bonchev–Trinajstić information content (AvgIpc) is 3.02. The van der Waals surface area contributed by atoms with Gasteiger partial charge in [0.25, 0.3) is 0 Å². The van der Waals surface area contributed by atoms with Gasteiger partial charge in [-0.05, 0) is 33.1 Å². The van der Waals surface area contributed by atoms with Crippen LogP contribution in [-0.4, -0.2) is 43.7 Å². The number of piperidine rings is 1. The molecule has 3 heterocycles. The molecular formula is C13H20N8. The molecule has 2 aromatic rings. The van der Waals surface area contributed by atoms with Crippen LogP contribution in [0.4, 0.5) is 11.8 Å². The number of aromatic nitrogens is 6. The van der Waals surface area contributed by atoms with Crippen LogP contribution in [0, 0.1) is 6.92 Å². The normalized spacial score (nSPS) is 16.8. The smallest absolute Gasteiger partial charge is 0.227 e. The minimum absolute atomic E-state index is 0.0627. The fourth-order valence-corrected chi connectivity index (χ4v) is 2.50. The Hall–Kier alpha value is -2.25. The second-order valence-corrected chi connectivity index (χ2v) is 5.38. The SMILES string of the molecule is Cc1cc(NC(C)c2nn[nH]n2)nc(N2CCCCC2)n1. The molecule has 1 saturated heterocycles. The van der Waals surface area contributed by atoms with Crippen LogP contribution in [0.3, 0.4) is 0 Å². The molecule has 8 nitrogen and oxygen atoms in total. The molecule has 112 valence electrons. The molecule has 0 radical (unpaired) electrons. The predicted octanol–water partition coefficient (Wildman–Crippen LogP) is 1.46. The highest BCUT2D eigenvalue weighted by Gasteiger charge is 2.16. The maximum atomic E-state index is 4.62. The molecule has 3 rings (SSSR count). The third kappa shape index (κ3) is 3.26. The molecule has 1 aliphatic heterocycles. The Morgan fingerprint density at radius 2 is 2.05 bits per heavy atom. The minimum Gasteiger partial charge on any atom is -0.360 e. The average molecular weight is 288 g/mol. The van der Waals surface area contributed by atoms with Crippen LogP contribution in [-0.2, 0) is 0 Å². The van der Waals surface area contributed by atoms with E-state index in [4.69, 9.17) is 0 Å². The van der Waals surface area contributed by atoms with Gasteiger partial charge in [-0.3, -0.25) is 0 Å². The van der Waals surface area contributed by atoms with Crippen molar-refractivity contribution >= 4 is 11.8 Å². The van der Waals surface area contributed by atoms with Gasteiger partial charge in [-0.25, -0.2) is 4.98 Å². The zero-order chi connectivity index (χ0) is 14.7. The molecule has 8 heteroatoms. The van der Waals surface area contributed by atoms with Crippen LogP contribution < -0.4 is 10.2 Å². The monoisotopic (exact) mass is 288 g/mol. The first kappa shape index (κ1) is 13.7. The molecule has 2 aromatic heterocycles. The van der Waals surface area contributed by atoms with Gasteiger partial charge in [0.2, 0.25) is 5.95 Å². The molecule has 0 spiro atoms. The van der Waals surface area contributed by atoms with Crippen LogP contribution in [0.2, 0.25) is 0 Å². The number of anilines is 2. The van der Waals surface area contributed by atoms with Gasteiger partial charge < -0.3 is 10.2 Å². The van der Waals surface area contributed by atoms with Gasteiger partial charge in [0.15, 0.2) is 5.82 Å². The van der Waals surface area contributed by atoms with E-state index in [1.165, 1.54) is 19.3 Å². The lowest BCUT2D eigenvalue weighted by Gasteiger charge is -2.27. The number of nitrogens with zero attached hydrogens (tertiary/aromatic N) is 6. The molecule has 0 bridgehead atoms. The highest BCUT2D eigenvalue weighted by Crippen LogP contribution is 2.20. The van der Waals surface area contributed by atoms with E-state index in [0.717, 1.165) is 30.5 Å². The summed E-state index contributed by atoms with van der Waals surface area (Å²) >= 11 is 0. The predicted molar refractivity (Wildman–Crippen MR) is 79.0 cm³/mol. The standard InChI is InChI=1S/C13H20N8/c1-9-8-11(15-10(2)12-17-19-20-18-12)16-13(14-9)21-6-4-3-5-7-21/h8,10H,3-7H2,1-2H3,(H,14,15,16)(H,17,18,19,20). The number of aromatic amines is 1. The Balaban J connectivity index is 1.77. The molecule has 1 unspecified atom stereocenters. The Morgan fingerprint density at radius 3 is 2.76 bits per heavy atom. The van der Waals surface area contributed by atoms with Crippen molar-refractivity contribution in [3.8, 4) is 0 Å². The highest BCUT2D eigenvalue weighted by molar-refractivity contribution is 5.44. The van der Waals surface area contributed by atoms with Crippen molar-refractivity contribution in [1.82, 2.24) is 30.6 Å². The number of hydrogen-bond acceptors (Lipinski definition) is 7. The van der Waals surface area contributed by atoms with Gasteiger partial charge in [-0.1, -0.05) is 5.21 Å². The third-order valence-corrected chi connectivity index (χ3v) is 3.59. The van der Waals surface area contributed by atoms with Gasteiger partial charge in [0.1, 0.15) is 5.82 Å². The summed E-state index contributed by atoms with van der Waals surface area (Å²) in [7, 11) is 0. The fraction of sp³-hybridized carbons (Fsp3) is 0.615. The molecule has 1 aliphatic rings. The highest BCUT2D eigenvalue weighted by atomic mass is 15.5. The molecular weight excluding hydrogens is 268 g/mol. The number of H-pyrrole nitrogens is 1. The summed E-state index contributed by atoms with van der Waals surface area (Å²) in [6, 6.07) is 1.87. The van der Waals surface area contributed by atoms with Crippen LogP contribution in [0.15, 0.2) is 6.07 Å². The van der Waals surface area contributed by atoms with E-state index in [9.17, 15) is 0 Å². The summed E-state index contributed by atoms with van der Waals surface area (Å²) in [5.74, 6) is 2.21. The quantitative estimate of drug-likeness (QED) is 0.879. The summed E-state index contributed by atoms with van der Waals surface area (Å²) in [5.41, 5.74) is 0.952. The summed E-state index contributed by atoms with van der Waals surface area (Å²) in [4.78, 5) is 11.4. The largest absolute Gasteiger partial charge is 0.360 e. The Labute approximate surface area is 123 Å². The zero-order valence-electron chi connectivity index (χ0n) is 12.4. The van der Waals surface area contributed by atoms with Gasteiger partial charge in [0, 0.05) is 24.8 Å². The summed E-state index contributed by atoms with van der Waals surface area (Å²) in [6.07, 6.45) is 3.71. The third-order valence-electron chi connectivity index (χ3n) is 3.59. The van der Waals surface area contributed by atoms with Crippen molar-refractivity contribution in [2.75, 3.05) is 23.3 Å². The van der Waals surface area contributed by atoms with Crippen LogP contribution in [0.5, 0.6) is 0 Å². The lowest BCUT2D eigenvalue weighted by atomic mass is 10.1. The van der Waals surface area contributed by atoms with Gasteiger partial charge >= 0.3 is 0 Å². The number of aryl methyl sites for hydroxylation is 1. The lowest BCUT2D eigenvalue weighted by molar-refractivity contribution is 0.567. The first-order chi connectivity index (χ1) is 10.2. The number of nitrogens with one attached hydrogen (secondary N) is 2. The van der Waals surface area contributed by atoms with Gasteiger partial charge in [-0.15, -0.1) is 10.2 Å². The maximum Gasteiger partial charge on any atom is 0.227 e. The Bertz CT molecular complexity index is 576. The van der Waals surface area contributed by atoms with Crippen molar-refractivity contribution in [2.45, 2.75) is 39.2 Å². The first-order valence-electron chi connectivity index (χ1n) is 7.33. The topological polar surface area (TPSA) is 95.5 Å². The fourth-order valence-electron chi connectivity index (χ4n) is 2.50. The molecule has 0 saturated carbocycles. The number of hydrogen-bond donors (Lipinski definition) is 2. The van der Waals surface area contributed by atoms with Crippen molar-refractivity contribution in [3.63, 3.8) is 0 Å². The minimum atomic E-state index is -0.0627. The van der Waals surface area contributed by atoms with Crippen LogP contribution in [0.1, 0.15) is 43.7 Å². The molecule has 0 aliphatic carbocycles. The van der Waals surface area contributed by atoms with Crippen LogP contribution in [0.25, 0.3) is 0 Å². The summed E-state index contributed by atoms with van der Waals surface area (Å²) in [6.45, 7) is 6.02. The van der Waals surface area contributed by atoms with E-state index in [0.29, 0.717) is 5.82 Å². The van der Waals surface area contributed by atoms with Gasteiger partial charge in [0.05, 0.1) is 6.04 Å². The second kappa shape index (κ2) is 6.02. The Morgan fingerprint density at radius 1 is 1.24 bits per heavy atom. The van der Waals surface area contributed by atoms with Crippen molar-refractivity contribution in [1.29, 1.82) is 0 Å². The van der Waals surface area contributed by atoms with E-state index in [1.807, 2.05) is 19.9 Å². The van der Waals surface area contributed by atoms with E-state index in [2.05, 4.69) is 40.8 Å². The van der Waals surface area contributed by atoms with Crippen molar-refractivity contribution < 1.29 is 0 Å². The summed E-state index contributed by atoms with van der Waals surface area (Å²) in [5, 5.41) is 17.3. The van der Waals surface area contributed by atoms with Gasteiger partial charge in [-0.2, -0.15) is 10.2 Å². The van der Waals surface area contributed by atoms with E-state index >= 15 is 0 Å². The summed E-state index contributed by atoms with van der Waals surface area (Å²) < 4.78 is 0. The van der Waals surface area contributed by atoms with E-state index < -0.39 is 0 Å². The number of tetrazole rings is 1. The molecule has 1 atom stereocenters.